The minimum Gasteiger partial charge on any atom is -0.346 e. The number of nitrogens with zero attached hydrogens (tertiary/aromatic N) is 1. The standard InChI is InChI=1S/C26H24N2O2/c1-4-10-19(11-5-1)16-20-17-29-26(30-18-20)25-27-23(21-12-6-2-7-13-21)24(28-25)22-14-8-3-9-15-22/h1-15,20,26H,16-18H2,(H,27,28)/t20-,26+. The highest BCUT2D eigenvalue weighted by molar-refractivity contribution is 5.78. The van der Waals surface area contributed by atoms with Crippen LogP contribution >= 0.6 is 0 Å². The second kappa shape index (κ2) is 8.66. The Morgan fingerprint density at radius 2 is 1.30 bits per heavy atom. The average Bonchev–Trinajstić information content (AvgIpc) is 3.27. The van der Waals surface area contributed by atoms with Crippen LogP contribution in [0.1, 0.15) is 17.7 Å². The highest BCUT2D eigenvalue weighted by Crippen LogP contribution is 2.33. The van der Waals surface area contributed by atoms with Crippen molar-refractivity contribution in [1.82, 2.24) is 9.97 Å². The Balaban J connectivity index is 1.37. The Kier molecular flexibility index (Phi) is 5.42. The molecule has 30 heavy (non-hydrogen) atoms. The highest BCUT2D eigenvalue weighted by atomic mass is 16.7. The van der Waals surface area contributed by atoms with Gasteiger partial charge in [0.25, 0.3) is 0 Å². The molecule has 0 saturated carbocycles. The molecule has 1 aliphatic rings. The Labute approximate surface area is 176 Å². The van der Waals surface area contributed by atoms with Gasteiger partial charge in [0.15, 0.2) is 5.82 Å². The smallest absolute Gasteiger partial charge is 0.217 e. The molecule has 1 aromatic heterocycles. The van der Waals surface area contributed by atoms with Crippen molar-refractivity contribution in [3.05, 3.63) is 102 Å². The quantitative estimate of drug-likeness (QED) is 0.474. The van der Waals surface area contributed by atoms with E-state index in [1.54, 1.807) is 0 Å². The van der Waals surface area contributed by atoms with Gasteiger partial charge in [-0.05, 0) is 12.0 Å². The maximum atomic E-state index is 6.07. The predicted octanol–water partition coefficient (Wildman–Crippen LogP) is 5.65. The van der Waals surface area contributed by atoms with Crippen LogP contribution in [0.4, 0.5) is 0 Å². The molecule has 150 valence electrons. The number of benzene rings is 3. The molecule has 5 rings (SSSR count). The van der Waals surface area contributed by atoms with Gasteiger partial charge in [-0.15, -0.1) is 0 Å². The van der Waals surface area contributed by atoms with E-state index >= 15 is 0 Å². The summed E-state index contributed by atoms with van der Waals surface area (Å²) in [6.45, 7) is 1.31. The first-order valence-corrected chi connectivity index (χ1v) is 10.3. The van der Waals surface area contributed by atoms with E-state index in [-0.39, 0.29) is 0 Å². The molecule has 1 N–H and O–H groups in total. The third-order valence-corrected chi connectivity index (χ3v) is 5.39. The van der Waals surface area contributed by atoms with Crippen LogP contribution in [0.5, 0.6) is 0 Å². The van der Waals surface area contributed by atoms with Gasteiger partial charge < -0.3 is 14.5 Å². The van der Waals surface area contributed by atoms with Gasteiger partial charge in [-0.3, -0.25) is 0 Å². The van der Waals surface area contributed by atoms with Crippen molar-refractivity contribution in [1.29, 1.82) is 0 Å². The summed E-state index contributed by atoms with van der Waals surface area (Å²) in [5, 5.41) is 0. The van der Waals surface area contributed by atoms with E-state index in [4.69, 9.17) is 14.5 Å². The number of imidazole rings is 1. The molecule has 0 amide bonds. The van der Waals surface area contributed by atoms with E-state index in [0.29, 0.717) is 25.0 Å². The molecular formula is C26H24N2O2. The number of hydrogen-bond donors (Lipinski definition) is 1. The fourth-order valence-electron chi connectivity index (χ4n) is 3.89. The maximum Gasteiger partial charge on any atom is 0.217 e. The Bertz CT molecular complexity index is 1010. The molecule has 1 fully saturated rings. The van der Waals surface area contributed by atoms with E-state index in [1.165, 1.54) is 5.56 Å². The zero-order chi connectivity index (χ0) is 20.2. The lowest BCUT2D eigenvalue weighted by Gasteiger charge is -2.28. The van der Waals surface area contributed by atoms with Gasteiger partial charge in [-0.25, -0.2) is 4.98 Å². The summed E-state index contributed by atoms with van der Waals surface area (Å²) in [7, 11) is 0. The molecule has 0 spiro atoms. The summed E-state index contributed by atoms with van der Waals surface area (Å²) in [5.74, 6) is 1.06. The van der Waals surface area contributed by atoms with Crippen molar-refractivity contribution in [3.63, 3.8) is 0 Å². The summed E-state index contributed by atoms with van der Waals surface area (Å²) >= 11 is 0. The minimum atomic E-state index is -0.475. The number of H-pyrrole nitrogens is 1. The second-order valence-corrected chi connectivity index (χ2v) is 7.63. The first-order valence-electron chi connectivity index (χ1n) is 10.3. The van der Waals surface area contributed by atoms with Crippen molar-refractivity contribution in [2.45, 2.75) is 12.7 Å². The third-order valence-electron chi connectivity index (χ3n) is 5.39. The van der Waals surface area contributed by atoms with Crippen molar-refractivity contribution in [2.24, 2.45) is 5.92 Å². The molecule has 1 saturated heterocycles. The minimum absolute atomic E-state index is 0.348. The molecule has 4 aromatic rings. The lowest BCUT2D eigenvalue weighted by molar-refractivity contribution is -0.208. The Morgan fingerprint density at radius 3 is 1.93 bits per heavy atom. The number of aromatic amines is 1. The lowest BCUT2D eigenvalue weighted by Crippen LogP contribution is -2.29. The molecular weight excluding hydrogens is 372 g/mol. The molecule has 0 bridgehead atoms. The van der Waals surface area contributed by atoms with Crippen LogP contribution in [-0.2, 0) is 15.9 Å². The van der Waals surface area contributed by atoms with Crippen LogP contribution in [-0.4, -0.2) is 23.2 Å². The fourth-order valence-corrected chi connectivity index (χ4v) is 3.89. The normalized spacial score (nSPS) is 18.9. The van der Waals surface area contributed by atoms with E-state index < -0.39 is 6.29 Å². The van der Waals surface area contributed by atoms with E-state index in [9.17, 15) is 0 Å². The third kappa shape index (κ3) is 4.06. The van der Waals surface area contributed by atoms with Gasteiger partial charge in [0, 0.05) is 17.0 Å². The first kappa shape index (κ1) is 18.8. The maximum absolute atomic E-state index is 6.07. The van der Waals surface area contributed by atoms with Gasteiger partial charge in [0.1, 0.15) is 0 Å². The first-order chi connectivity index (χ1) is 14.9. The molecule has 1 aliphatic heterocycles. The van der Waals surface area contributed by atoms with Crippen LogP contribution in [0, 0.1) is 5.92 Å². The molecule has 2 heterocycles. The van der Waals surface area contributed by atoms with Crippen LogP contribution in [0.15, 0.2) is 91.0 Å². The Hall–Kier alpha value is -3.21. The summed E-state index contributed by atoms with van der Waals surface area (Å²) in [5.41, 5.74) is 5.36. The second-order valence-electron chi connectivity index (χ2n) is 7.63. The lowest BCUT2D eigenvalue weighted by atomic mass is 10.0. The highest BCUT2D eigenvalue weighted by Gasteiger charge is 2.27. The van der Waals surface area contributed by atoms with Crippen LogP contribution < -0.4 is 0 Å². The van der Waals surface area contributed by atoms with Crippen molar-refractivity contribution in [2.75, 3.05) is 13.2 Å². The SMILES string of the molecule is c1ccc(C[C@H]2CO[C@@H](c3nc(-c4ccccc4)c(-c4ccccc4)[nH]3)OC2)cc1. The van der Waals surface area contributed by atoms with Gasteiger partial charge in [-0.1, -0.05) is 91.0 Å². The summed E-state index contributed by atoms with van der Waals surface area (Å²) < 4.78 is 12.1. The summed E-state index contributed by atoms with van der Waals surface area (Å²) in [6, 6.07) is 31.0. The molecule has 4 heteroatoms. The van der Waals surface area contributed by atoms with Gasteiger partial charge in [0.2, 0.25) is 6.29 Å². The monoisotopic (exact) mass is 396 g/mol. The number of hydrogen-bond acceptors (Lipinski definition) is 3. The Morgan fingerprint density at radius 1 is 0.733 bits per heavy atom. The van der Waals surface area contributed by atoms with E-state index in [1.807, 2.05) is 42.5 Å². The zero-order valence-electron chi connectivity index (χ0n) is 16.7. The van der Waals surface area contributed by atoms with E-state index in [2.05, 4.69) is 53.5 Å². The molecule has 0 unspecified atom stereocenters. The van der Waals surface area contributed by atoms with Gasteiger partial charge >= 0.3 is 0 Å². The van der Waals surface area contributed by atoms with Crippen molar-refractivity contribution >= 4 is 0 Å². The van der Waals surface area contributed by atoms with E-state index in [0.717, 1.165) is 28.9 Å². The van der Waals surface area contributed by atoms with Crippen molar-refractivity contribution in [3.8, 4) is 22.5 Å². The largest absolute Gasteiger partial charge is 0.346 e. The number of nitrogens with one attached hydrogen (secondary N) is 1. The molecule has 0 radical (unpaired) electrons. The zero-order valence-corrected chi connectivity index (χ0v) is 16.7. The van der Waals surface area contributed by atoms with Crippen LogP contribution in [0.3, 0.4) is 0 Å². The molecule has 3 aromatic carbocycles. The van der Waals surface area contributed by atoms with Gasteiger partial charge in [-0.2, -0.15) is 0 Å². The number of rotatable bonds is 5. The average molecular weight is 396 g/mol. The summed E-state index contributed by atoms with van der Waals surface area (Å²) in [4.78, 5) is 8.35. The number of aromatic nitrogens is 2. The molecule has 0 atom stereocenters. The predicted molar refractivity (Wildman–Crippen MR) is 118 cm³/mol. The van der Waals surface area contributed by atoms with Gasteiger partial charge in [0.05, 0.1) is 24.6 Å². The topological polar surface area (TPSA) is 47.1 Å². The molecule has 4 nitrogen and oxygen atoms in total. The summed E-state index contributed by atoms with van der Waals surface area (Å²) in [6.07, 6.45) is 0.480. The molecule has 0 aliphatic carbocycles. The fraction of sp³-hybridized carbons (Fsp3) is 0.192. The van der Waals surface area contributed by atoms with Crippen molar-refractivity contribution < 1.29 is 9.47 Å². The van der Waals surface area contributed by atoms with Crippen LogP contribution in [0.25, 0.3) is 22.5 Å². The van der Waals surface area contributed by atoms with Crippen LogP contribution in [0.2, 0.25) is 0 Å². The number of ether oxygens (including phenoxy) is 2.